The van der Waals surface area contributed by atoms with Gasteiger partial charge in [0, 0.05) is 43.5 Å². The van der Waals surface area contributed by atoms with Gasteiger partial charge in [0.15, 0.2) is 0 Å². The molecule has 4 rings (SSSR count). The average Bonchev–Trinajstić information content (AvgIpc) is 3.23. The van der Waals surface area contributed by atoms with Crippen molar-refractivity contribution in [1.82, 2.24) is 9.62 Å². The van der Waals surface area contributed by atoms with Crippen LogP contribution in [0, 0.1) is 0 Å². The van der Waals surface area contributed by atoms with Gasteiger partial charge in [0.25, 0.3) is 5.91 Å². The first-order chi connectivity index (χ1) is 16.4. The maximum atomic E-state index is 13.3. The van der Waals surface area contributed by atoms with E-state index in [0.717, 1.165) is 50.1 Å². The zero-order valence-corrected chi connectivity index (χ0v) is 20.6. The molecule has 9 heteroatoms. The van der Waals surface area contributed by atoms with E-state index < -0.39 is 10.0 Å². The fourth-order valence-electron chi connectivity index (χ4n) is 4.70. The number of carbonyl (C=O) groups is 1. The van der Waals surface area contributed by atoms with Crippen LogP contribution >= 0.6 is 0 Å². The van der Waals surface area contributed by atoms with Gasteiger partial charge in [-0.2, -0.15) is 0 Å². The molecule has 2 fully saturated rings. The van der Waals surface area contributed by atoms with Crippen LogP contribution < -0.4 is 19.1 Å². The number of hydrogen-bond donors (Lipinski definition) is 1. The quantitative estimate of drug-likeness (QED) is 0.645. The Morgan fingerprint density at radius 1 is 0.912 bits per heavy atom. The third-order valence-electron chi connectivity index (χ3n) is 6.60. The third-order valence-corrected chi connectivity index (χ3v) is 8.14. The number of methoxy groups -OCH3 is 2. The minimum Gasteiger partial charge on any atom is -0.497 e. The lowest BCUT2D eigenvalue weighted by Gasteiger charge is -2.24. The number of carbonyl (C=O) groups excluding carboxylic acids is 1. The molecule has 1 aliphatic heterocycles. The Labute approximate surface area is 201 Å². The molecular formula is C25H33N3O5S. The molecule has 1 saturated carbocycles. The van der Waals surface area contributed by atoms with Crippen molar-refractivity contribution >= 4 is 21.6 Å². The van der Waals surface area contributed by atoms with Crippen molar-refractivity contribution < 1.29 is 22.7 Å². The van der Waals surface area contributed by atoms with Crippen molar-refractivity contribution in [2.45, 2.75) is 43.0 Å². The minimum absolute atomic E-state index is 0.0161. The van der Waals surface area contributed by atoms with Crippen LogP contribution in [0.4, 0.5) is 5.69 Å². The summed E-state index contributed by atoms with van der Waals surface area (Å²) in [5.41, 5.74) is 1.44. The molecule has 0 spiro atoms. The summed E-state index contributed by atoms with van der Waals surface area (Å²) in [4.78, 5) is 17.4. The summed E-state index contributed by atoms with van der Waals surface area (Å²) in [7, 11) is -0.713. The van der Waals surface area contributed by atoms with Gasteiger partial charge in [0.1, 0.15) is 16.4 Å². The van der Waals surface area contributed by atoms with Gasteiger partial charge in [0.05, 0.1) is 14.2 Å². The highest BCUT2D eigenvalue weighted by molar-refractivity contribution is 7.89. The number of sulfonamides is 1. The fourth-order valence-corrected chi connectivity index (χ4v) is 6.20. The fraction of sp³-hybridized carbons (Fsp3) is 0.480. The molecule has 0 aromatic heterocycles. The van der Waals surface area contributed by atoms with E-state index in [2.05, 4.69) is 9.62 Å². The SMILES string of the molecule is COc1ccc(N2CCCN(C(=O)c3ccc(OC)c(S(=O)(=O)NC4CCCC4)c3)CC2)cc1. The summed E-state index contributed by atoms with van der Waals surface area (Å²) in [5, 5.41) is 0. The van der Waals surface area contributed by atoms with Crippen molar-refractivity contribution in [2.24, 2.45) is 0 Å². The molecule has 2 aromatic rings. The molecule has 184 valence electrons. The Morgan fingerprint density at radius 3 is 2.32 bits per heavy atom. The predicted molar refractivity (Wildman–Crippen MR) is 131 cm³/mol. The van der Waals surface area contributed by atoms with E-state index in [-0.39, 0.29) is 22.6 Å². The topological polar surface area (TPSA) is 88.2 Å². The summed E-state index contributed by atoms with van der Waals surface area (Å²) in [6, 6.07) is 12.5. The molecule has 0 unspecified atom stereocenters. The highest BCUT2D eigenvalue weighted by atomic mass is 32.2. The van der Waals surface area contributed by atoms with Crippen LogP contribution in [-0.2, 0) is 10.0 Å². The van der Waals surface area contributed by atoms with E-state index in [4.69, 9.17) is 9.47 Å². The summed E-state index contributed by atoms with van der Waals surface area (Å²) in [6.45, 7) is 2.70. The van der Waals surface area contributed by atoms with E-state index in [1.54, 1.807) is 24.1 Å². The lowest BCUT2D eigenvalue weighted by atomic mass is 10.2. The van der Waals surface area contributed by atoms with Gasteiger partial charge in [-0.25, -0.2) is 13.1 Å². The number of nitrogens with one attached hydrogen (secondary N) is 1. The minimum atomic E-state index is -3.80. The van der Waals surface area contributed by atoms with Crippen molar-refractivity contribution in [3.05, 3.63) is 48.0 Å². The second kappa shape index (κ2) is 10.7. The summed E-state index contributed by atoms with van der Waals surface area (Å²) in [5.74, 6) is 0.878. The van der Waals surface area contributed by atoms with Gasteiger partial charge in [0.2, 0.25) is 10.0 Å². The molecule has 1 saturated heterocycles. The summed E-state index contributed by atoms with van der Waals surface area (Å²) >= 11 is 0. The molecule has 1 amide bonds. The number of benzene rings is 2. The van der Waals surface area contributed by atoms with E-state index in [1.165, 1.54) is 13.2 Å². The Kier molecular flexibility index (Phi) is 7.63. The lowest BCUT2D eigenvalue weighted by Crippen LogP contribution is -2.36. The summed E-state index contributed by atoms with van der Waals surface area (Å²) in [6.07, 6.45) is 4.52. The Morgan fingerprint density at radius 2 is 1.65 bits per heavy atom. The normalized spacial score (nSPS) is 17.5. The molecule has 1 aliphatic carbocycles. The Balaban J connectivity index is 1.49. The highest BCUT2D eigenvalue weighted by Crippen LogP contribution is 2.28. The van der Waals surface area contributed by atoms with Crippen molar-refractivity contribution in [3.63, 3.8) is 0 Å². The molecule has 34 heavy (non-hydrogen) atoms. The maximum absolute atomic E-state index is 13.3. The number of anilines is 1. The van der Waals surface area contributed by atoms with E-state index >= 15 is 0 Å². The molecular weight excluding hydrogens is 454 g/mol. The highest BCUT2D eigenvalue weighted by Gasteiger charge is 2.28. The monoisotopic (exact) mass is 487 g/mol. The first-order valence-corrected chi connectivity index (χ1v) is 13.3. The first-order valence-electron chi connectivity index (χ1n) is 11.8. The van der Waals surface area contributed by atoms with E-state index in [0.29, 0.717) is 25.2 Å². The molecule has 2 aliphatic rings. The standard InChI is InChI=1S/C25H33N3O5S/c1-32-22-11-9-21(10-12-22)27-14-5-15-28(17-16-27)25(29)19-8-13-23(33-2)24(18-19)34(30,31)26-20-6-3-4-7-20/h8-13,18,20,26H,3-7,14-17H2,1-2H3. The van der Waals surface area contributed by atoms with Gasteiger partial charge >= 0.3 is 0 Å². The van der Waals surface area contributed by atoms with Crippen molar-refractivity contribution in [1.29, 1.82) is 0 Å². The molecule has 1 N–H and O–H groups in total. The van der Waals surface area contributed by atoms with Crippen LogP contribution in [0.3, 0.4) is 0 Å². The number of nitrogens with zero attached hydrogens (tertiary/aromatic N) is 2. The van der Waals surface area contributed by atoms with E-state index in [1.807, 2.05) is 24.3 Å². The molecule has 8 nitrogen and oxygen atoms in total. The van der Waals surface area contributed by atoms with Crippen LogP contribution in [-0.4, -0.2) is 65.7 Å². The molecule has 1 heterocycles. The smallest absolute Gasteiger partial charge is 0.253 e. The van der Waals surface area contributed by atoms with Crippen LogP contribution in [0.15, 0.2) is 47.4 Å². The zero-order valence-electron chi connectivity index (χ0n) is 19.8. The number of ether oxygens (including phenoxy) is 2. The van der Waals surface area contributed by atoms with Crippen LogP contribution in [0.25, 0.3) is 0 Å². The number of amides is 1. The summed E-state index contributed by atoms with van der Waals surface area (Å²) < 4.78 is 39.5. The van der Waals surface area contributed by atoms with Gasteiger partial charge in [-0.05, 0) is 61.7 Å². The molecule has 0 atom stereocenters. The van der Waals surface area contributed by atoms with Gasteiger partial charge in [-0.1, -0.05) is 12.8 Å². The second-order valence-corrected chi connectivity index (χ2v) is 10.5. The van der Waals surface area contributed by atoms with E-state index in [9.17, 15) is 13.2 Å². The van der Waals surface area contributed by atoms with Gasteiger partial charge < -0.3 is 19.3 Å². The largest absolute Gasteiger partial charge is 0.497 e. The molecule has 2 aromatic carbocycles. The average molecular weight is 488 g/mol. The predicted octanol–water partition coefficient (Wildman–Crippen LogP) is 3.28. The van der Waals surface area contributed by atoms with Crippen molar-refractivity contribution in [3.8, 4) is 11.5 Å². The number of hydrogen-bond acceptors (Lipinski definition) is 6. The van der Waals surface area contributed by atoms with Crippen LogP contribution in [0.2, 0.25) is 0 Å². The zero-order chi connectivity index (χ0) is 24.1. The third kappa shape index (κ3) is 5.47. The molecule has 0 radical (unpaired) electrons. The number of rotatable bonds is 7. The van der Waals surface area contributed by atoms with Crippen molar-refractivity contribution in [2.75, 3.05) is 45.3 Å². The Hall–Kier alpha value is -2.78. The van der Waals surface area contributed by atoms with Crippen LogP contribution in [0.5, 0.6) is 11.5 Å². The van der Waals surface area contributed by atoms with Gasteiger partial charge in [-0.3, -0.25) is 4.79 Å². The second-order valence-electron chi connectivity index (χ2n) is 8.80. The maximum Gasteiger partial charge on any atom is 0.253 e. The Bertz CT molecular complexity index is 1100. The molecule has 0 bridgehead atoms. The first kappa shape index (κ1) is 24.3. The lowest BCUT2D eigenvalue weighted by molar-refractivity contribution is 0.0766. The van der Waals surface area contributed by atoms with Crippen LogP contribution in [0.1, 0.15) is 42.5 Å². The van der Waals surface area contributed by atoms with Gasteiger partial charge in [-0.15, -0.1) is 0 Å².